The van der Waals surface area contributed by atoms with Gasteiger partial charge >= 0.3 is 6.43 Å². The smallest absolute Gasteiger partial charge is 0.314 e. The van der Waals surface area contributed by atoms with Crippen LogP contribution in [0.5, 0.6) is 0 Å². The number of hydrogen-bond donors (Lipinski definition) is 0. The first kappa shape index (κ1) is 18.3. The van der Waals surface area contributed by atoms with E-state index in [9.17, 15) is 8.78 Å². The molecule has 9 heteroatoms. The Bertz CT molecular complexity index is 958. The van der Waals surface area contributed by atoms with Gasteiger partial charge in [-0.2, -0.15) is 8.78 Å². The standard InChI is InChI=1S/C18H14Cl2F2N4O/c19-11-2-3-12(13(20)6-11)18(4-1-5-18)7-14-23-8-10(9-24-14)16-25-26-17(27-16)15(21)22/h2-3,6,8-9,15H,1,4-5,7H2. The lowest BCUT2D eigenvalue weighted by molar-refractivity contribution is 0.116. The van der Waals surface area contributed by atoms with E-state index in [1.54, 1.807) is 6.07 Å². The molecule has 2 heterocycles. The van der Waals surface area contributed by atoms with E-state index < -0.39 is 12.3 Å². The summed E-state index contributed by atoms with van der Waals surface area (Å²) in [6.07, 6.45) is 3.90. The molecule has 140 valence electrons. The normalized spacial score (nSPS) is 15.7. The maximum absolute atomic E-state index is 12.6. The zero-order valence-corrected chi connectivity index (χ0v) is 15.5. The van der Waals surface area contributed by atoms with Crippen molar-refractivity contribution in [1.29, 1.82) is 0 Å². The summed E-state index contributed by atoms with van der Waals surface area (Å²) in [5, 5.41) is 8.15. The van der Waals surface area contributed by atoms with E-state index in [0.717, 1.165) is 24.8 Å². The first-order valence-electron chi connectivity index (χ1n) is 8.35. The molecule has 2 aromatic heterocycles. The van der Waals surface area contributed by atoms with Crippen LogP contribution in [0.2, 0.25) is 10.0 Å². The molecule has 0 aliphatic heterocycles. The summed E-state index contributed by atoms with van der Waals surface area (Å²) in [4.78, 5) is 8.71. The highest BCUT2D eigenvalue weighted by Crippen LogP contribution is 2.48. The van der Waals surface area contributed by atoms with Gasteiger partial charge in [-0.1, -0.05) is 35.7 Å². The van der Waals surface area contributed by atoms with Gasteiger partial charge in [-0.15, -0.1) is 10.2 Å². The van der Waals surface area contributed by atoms with Crippen molar-refractivity contribution < 1.29 is 13.2 Å². The van der Waals surface area contributed by atoms with Gasteiger partial charge in [0.2, 0.25) is 0 Å². The Morgan fingerprint density at radius 1 is 1.11 bits per heavy atom. The van der Waals surface area contributed by atoms with E-state index in [2.05, 4.69) is 20.2 Å². The highest BCUT2D eigenvalue weighted by atomic mass is 35.5. The molecule has 4 rings (SSSR count). The molecule has 0 amide bonds. The molecule has 1 aliphatic rings. The van der Waals surface area contributed by atoms with Crippen LogP contribution >= 0.6 is 23.2 Å². The van der Waals surface area contributed by atoms with Gasteiger partial charge in [-0.3, -0.25) is 0 Å². The van der Waals surface area contributed by atoms with Gasteiger partial charge in [0.1, 0.15) is 5.82 Å². The Hall–Kier alpha value is -2.12. The monoisotopic (exact) mass is 410 g/mol. The van der Waals surface area contributed by atoms with Gasteiger partial charge in [0, 0.05) is 34.3 Å². The van der Waals surface area contributed by atoms with Crippen LogP contribution in [0, 0.1) is 0 Å². The van der Waals surface area contributed by atoms with Crippen LogP contribution in [0.3, 0.4) is 0 Å². The topological polar surface area (TPSA) is 64.7 Å². The number of benzene rings is 1. The van der Waals surface area contributed by atoms with Gasteiger partial charge in [-0.25, -0.2) is 9.97 Å². The summed E-state index contributed by atoms with van der Waals surface area (Å²) in [5.74, 6) is -0.117. The maximum atomic E-state index is 12.6. The second-order valence-electron chi connectivity index (χ2n) is 6.57. The number of hydrogen-bond acceptors (Lipinski definition) is 5. The van der Waals surface area contributed by atoms with Crippen LogP contribution in [-0.2, 0) is 11.8 Å². The summed E-state index contributed by atoms with van der Waals surface area (Å²) in [6, 6.07) is 5.55. The fraction of sp³-hybridized carbons (Fsp3) is 0.333. The highest BCUT2D eigenvalue weighted by molar-refractivity contribution is 6.35. The van der Waals surface area contributed by atoms with E-state index in [1.165, 1.54) is 12.4 Å². The summed E-state index contributed by atoms with van der Waals surface area (Å²) in [5.41, 5.74) is 1.33. The molecule has 0 N–H and O–H groups in total. The van der Waals surface area contributed by atoms with Crippen molar-refractivity contribution in [2.75, 3.05) is 0 Å². The molecule has 0 radical (unpaired) electrons. The average Bonchev–Trinajstić information content (AvgIpc) is 3.10. The highest BCUT2D eigenvalue weighted by Gasteiger charge is 2.41. The molecule has 0 saturated heterocycles. The number of rotatable bonds is 5. The number of aromatic nitrogens is 4. The lowest BCUT2D eigenvalue weighted by Gasteiger charge is -2.42. The first-order chi connectivity index (χ1) is 13.0. The molecule has 0 atom stereocenters. The maximum Gasteiger partial charge on any atom is 0.314 e. The second-order valence-corrected chi connectivity index (χ2v) is 7.41. The quantitative estimate of drug-likeness (QED) is 0.560. The molecule has 1 aromatic carbocycles. The Morgan fingerprint density at radius 3 is 2.41 bits per heavy atom. The molecule has 0 spiro atoms. The predicted octanol–water partition coefficient (Wildman–Crippen LogP) is 5.44. The van der Waals surface area contributed by atoms with Crippen LogP contribution in [0.15, 0.2) is 35.0 Å². The molecule has 27 heavy (non-hydrogen) atoms. The molecule has 5 nitrogen and oxygen atoms in total. The van der Waals surface area contributed by atoms with Crippen molar-refractivity contribution >= 4 is 23.2 Å². The molecule has 0 bridgehead atoms. The van der Waals surface area contributed by atoms with Crippen LogP contribution in [0.4, 0.5) is 8.78 Å². The second kappa shape index (κ2) is 7.13. The number of alkyl halides is 2. The lowest BCUT2D eigenvalue weighted by atomic mass is 9.62. The van der Waals surface area contributed by atoms with Crippen LogP contribution in [-0.4, -0.2) is 20.2 Å². The number of halogens is 4. The Kier molecular flexibility index (Phi) is 4.82. The van der Waals surface area contributed by atoms with Gasteiger partial charge < -0.3 is 4.42 Å². The van der Waals surface area contributed by atoms with Crippen LogP contribution in [0.25, 0.3) is 11.5 Å². The molecule has 1 saturated carbocycles. The van der Waals surface area contributed by atoms with E-state index in [0.29, 0.717) is 27.9 Å². The van der Waals surface area contributed by atoms with Gasteiger partial charge in [0.25, 0.3) is 11.8 Å². The summed E-state index contributed by atoms with van der Waals surface area (Å²) < 4.78 is 30.0. The minimum atomic E-state index is -2.81. The zero-order chi connectivity index (χ0) is 19.0. The van der Waals surface area contributed by atoms with E-state index in [-0.39, 0.29) is 11.3 Å². The van der Waals surface area contributed by atoms with Gasteiger partial charge in [0.05, 0.1) is 5.56 Å². The molecular formula is C18H14Cl2F2N4O. The van der Waals surface area contributed by atoms with Gasteiger partial charge in [0.15, 0.2) is 0 Å². The Labute approximate surface area is 163 Å². The third-order valence-corrected chi connectivity index (χ3v) is 5.44. The van der Waals surface area contributed by atoms with Crippen molar-refractivity contribution in [1.82, 2.24) is 20.2 Å². The Morgan fingerprint density at radius 2 is 1.85 bits per heavy atom. The van der Waals surface area contributed by atoms with Crippen molar-refractivity contribution in [3.05, 3.63) is 57.9 Å². The summed E-state index contributed by atoms with van der Waals surface area (Å²) >= 11 is 12.4. The third kappa shape index (κ3) is 3.53. The summed E-state index contributed by atoms with van der Waals surface area (Å²) in [6.45, 7) is 0. The average molecular weight is 411 g/mol. The lowest BCUT2D eigenvalue weighted by Crippen LogP contribution is -2.37. The third-order valence-electron chi connectivity index (χ3n) is 4.89. The van der Waals surface area contributed by atoms with Crippen LogP contribution in [0.1, 0.15) is 43.0 Å². The largest absolute Gasteiger partial charge is 0.415 e. The van der Waals surface area contributed by atoms with Crippen molar-refractivity contribution in [3.63, 3.8) is 0 Å². The zero-order valence-electron chi connectivity index (χ0n) is 14.0. The molecule has 0 unspecified atom stereocenters. The van der Waals surface area contributed by atoms with Crippen molar-refractivity contribution in [2.24, 2.45) is 0 Å². The Balaban J connectivity index is 1.56. The minimum absolute atomic E-state index is 0.0315. The SMILES string of the molecule is FC(F)c1nnc(-c2cnc(CC3(c4ccc(Cl)cc4Cl)CCC3)nc2)o1. The molecule has 1 fully saturated rings. The van der Waals surface area contributed by atoms with E-state index in [1.807, 2.05) is 12.1 Å². The van der Waals surface area contributed by atoms with E-state index >= 15 is 0 Å². The predicted molar refractivity (Wildman–Crippen MR) is 96.0 cm³/mol. The first-order valence-corrected chi connectivity index (χ1v) is 9.11. The fourth-order valence-corrected chi connectivity index (χ4v) is 3.97. The fourth-order valence-electron chi connectivity index (χ4n) is 3.36. The van der Waals surface area contributed by atoms with Crippen molar-refractivity contribution in [2.45, 2.75) is 37.5 Å². The molecular weight excluding hydrogens is 397 g/mol. The van der Waals surface area contributed by atoms with Crippen molar-refractivity contribution in [3.8, 4) is 11.5 Å². The summed E-state index contributed by atoms with van der Waals surface area (Å²) in [7, 11) is 0. The van der Waals surface area contributed by atoms with E-state index in [4.69, 9.17) is 27.6 Å². The minimum Gasteiger partial charge on any atom is -0.415 e. The molecule has 1 aliphatic carbocycles. The van der Waals surface area contributed by atoms with Crippen LogP contribution < -0.4 is 0 Å². The molecule has 3 aromatic rings. The van der Waals surface area contributed by atoms with Gasteiger partial charge in [-0.05, 0) is 30.5 Å². The number of nitrogens with zero attached hydrogens (tertiary/aromatic N) is 4.